The fourth-order valence-corrected chi connectivity index (χ4v) is 4.21. The number of thiophene rings is 1. The third kappa shape index (κ3) is 4.77. The zero-order valence-corrected chi connectivity index (χ0v) is 16.1. The number of rotatable bonds is 6. The highest BCUT2D eigenvalue weighted by atomic mass is 32.1. The van der Waals surface area contributed by atoms with E-state index in [0.29, 0.717) is 17.8 Å². The van der Waals surface area contributed by atoms with E-state index in [1.54, 1.807) is 5.38 Å². The molecule has 2 amide bonds. The summed E-state index contributed by atoms with van der Waals surface area (Å²) in [6, 6.07) is 7.06. The lowest BCUT2D eigenvalue weighted by atomic mass is 9.79. The predicted octanol–water partition coefficient (Wildman–Crippen LogP) is 3.74. The van der Waals surface area contributed by atoms with Gasteiger partial charge in [0.2, 0.25) is 5.91 Å². The summed E-state index contributed by atoms with van der Waals surface area (Å²) in [5, 5.41) is 27.4. The lowest BCUT2D eigenvalue weighted by Gasteiger charge is -2.27. The third-order valence-corrected chi connectivity index (χ3v) is 5.71. The summed E-state index contributed by atoms with van der Waals surface area (Å²) in [6.07, 6.45) is 2.50. The molecule has 1 fully saturated rings. The molecular weight excluding hydrogens is 398 g/mol. The maximum atomic E-state index is 12.7. The largest absolute Gasteiger partial charge is 0.481 e. The van der Waals surface area contributed by atoms with Crippen LogP contribution in [0.15, 0.2) is 35.7 Å². The molecule has 1 aliphatic rings. The van der Waals surface area contributed by atoms with Gasteiger partial charge in [0.05, 0.1) is 22.3 Å². The number of nitro benzene ring substituents is 1. The van der Waals surface area contributed by atoms with Crippen molar-refractivity contribution >= 4 is 45.5 Å². The molecule has 0 radical (unpaired) electrons. The Hall–Kier alpha value is -3.27. The van der Waals surface area contributed by atoms with Gasteiger partial charge in [0.1, 0.15) is 5.00 Å². The molecule has 0 bridgehead atoms. The molecule has 9 nitrogen and oxygen atoms in total. The molecule has 2 aromatic rings. The number of aliphatic carboxylic acids is 1. The van der Waals surface area contributed by atoms with E-state index >= 15 is 0 Å². The summed E-state index contributed by atoms with van der Waals surface area (Å²) in [4.78, 5) is 47.0. The van der Waals surface area contributed by atoms with E-state index in [1.165, 1.54) is 30.3 Å². The summed E-state index contributed by atoms with van der Waals surface area (Å²) < 4.78 is 0. The monoisotopic (exact) mass is 417 g/mol. The zero-order valence-electron chi connectivity index (χ0n) is 15.3. The van der Waals surface area contributed by atoms with Crippen LogP contribution < -0.4 is 10.6 Å². The Morgan fingerprint density at radius 2 is 1.83 bits per heavy atom. The molecule has 1 aromatic carbocycles. The Morgan fingerprint density at radius 1 is 1.10 bits per heavy atom. The molecule has 0 aliphatic heterocycles. The highest BCUT2D eigenvalue weighted by Gasteiger charge is 2.36. The number of nitro groups is 1. The molecule has 152 valence electrons. The second kappa shape index (κ2) is 8.82. The predicted molar refractivity (Wildman–Crippen MR) is 107 cm³/mol. The number of benzene rings is 1. The molecular formula is C19H19N3O6S. The summed E-state index contributed by atoms with van der Waals surface area (Å²) in [7, 11) is 0. The highest BCUT2D eigenvalue weighted by molar-refractivity contribution is 7.14. The summed E-state index contributed by atoms with van der Waals surface area (Å²) in [5.41, 5.74) is 0.307. The van der Waals surface area contributed by atoms with E-state index in [4.69, 9.17) is 0 Å². The normalized spacial score (nSPS) is 18.6. The van der Waals surface area contributed by atoms with Crippen molar-refractivity contribution in [2.24, 2.45) is 11.8 Å². The van der Waals surface area contributed by atoms with Crippen LogP contribution in [0.5, 0.6) is 0 Å². The molecule has 10 heteroatoms. The number of hydrogen-bond acceptors (Lipinski definition) is 6. The molecule has 1 heterocycles. The average molecular weight is 417 g/mol. The van der Waals surface area contributed by atoms with Crippen LogP contribution in [0.3, 0.4) is 0 Å². The van der Waals surface area contributed by atoms with Gasteiger partial charge in [-0.2, -0.15) is 0 Å². The molecule has 1 aliphatic carbocycles. The summed E-state index contributed by atoms with van der Waals surface area (Å²) >= 11 is 1.15. The van der Waals surface area contributed by atoms with Gasteiger partial charge >= 0.3 is 5.97 Å². The van der Waals surface area contributed by atoms with Crippen molar-refractivity contribution in [2.45, 2.75) is 25.7 Å². The number of nitrogens with zero attached hydrogens (tertiary/aromatic N) is 1. The first-order valence-corrected chi connectivity index (χ1v) is 9.91. The summed E-state index contributed by atoms with van der Waals surface area (Å²) in [5.74, 6) is -3.30. The summed E-state index contributed by atoms with van der Waals surface area (Å²) in [6.45, 7) is 0. The van der Waals surface area contributed by atoms with E-state index in [2.05, 4.69) is 10.6 Å². The van der Waals surface area contributed by atoms with Crippen LogP contribution in [0.2, 0.25) is 0 Å². The first-order valence-electron chi connectivity index (χ1n) is 9.04. The molecule has 3 rings (SSSR count). The fourth-order valence-electron chi connectivity index (χ4n) is 3.43. The molecule has 0 unspecified atom stereocenters. The Morgan fingerprint density at radius 3 is 2.52 bits per heavy atom. The first kappa shape index (κ1) is 20.5. The fraction of sp³-hybridized carbons (Fsp3) is 0.316. The number of hydrogen-bond donors (Lipinski definition) is 3. The van der Waals surface area contributed by atoms with Crippen LogP contribution in [0.4, 0.5) is 16.4 Å². The maximum absolute atomic E-state index is 12.7. The van der Waals surface area contributed by atoms with Gasteiger partial charge in [-0.25, -0.2) is 0 Å². The second-order valence-corrected chi connectivity index (χ2v) is 7.67. The smallest absolute Gasteiger partial charge is 0.307 e. The van der Waals surface area contributed by atoms with Gasteiger partial charge in [0.25, 0.3) is 11.6 Å². The molecule has 0 spiro atoms. The number of carboxylic acids is 1. The van der Waals surface area contributed by atoms with Gasteiger partial charge in [-0.15, -0.1) is 11.3 Å². The minimum Gasteiger partial charge on any atom is -0.481 e. The standard InChI is InChI=1S/C19H19N3O6S/c23-16(13-6-1-2-7-14(13)19(25)26)21-18-15(8-9-29-18)17(24)20-11-4-3-5-12(10-11)22(27)28/h3-5,8-10,13-14H,1-2,6-7H2,(H,20,24)(H,21,23)(H,25,26)/t13-,14-/m1/s1. The number of carbonyl (C=O) groups excluding carboxylic acids is 2. The van der Waals surface area contributed by atoms with Crippen LogP contribution in [0.25, 0.3) is 0 Å². The quantitative estimate of drug-likeness (QED) is 0.483. The Kier molecular flexibility index (Phi) is 6.23. The Bertz CT molecular complexity index is 957. The number of nitrogens with one attached hydrogen (secondary N) is 2. The van der Waals surface area contributed by atoms with Crippen molar-refractivity contribution in [1.29, 1.82) is 0 Å². The van der Waals surface area contributed by atoms with Crippen molar-refractivity contribution in [3.8, 4) is 0 Å². The van der Waals surface area contributed by atoms with Crippen LogP contribution in [-0.2, 0) is 9.59 Å². The molecule has 1 saturated carbocycles. The third-order valence-electron chi connectivity index (χ3n) is 4.88. The molecule has 29 heavy (non-hydrogen) atoms. The molecule has 1 aromatic heterocycles. The van der Waals surface area contributed by atoms with E-state index in [-0.39, 0.29) is 16.9 Å². The highest BCUT2D eigenvalue weighted by Crippen LogP contribution is 2.33. The Balaban J connectivity index is 1.72. The number of anilines is 2. The van der Waals surface area contributed by atoms with E-state index < -0.39 is 34.5 Å². The number of carbonyl (C=O) groups is 3. The Labute approximate surface area is 169 Å². The van der Waals surface area contributed by atoms with Gasteiger partial charge in [-0.3, -0.25) is 24.5 Å². The lowest BCUT2D eigenvalue weighted by Crippen LogP contribution is -2.36. The van der Waals surface area contributed by atoms with Gasteiger partial charge in [-0.05, 0) is 30.4 Å². The van der Waals surface area contributed by atoms with Crippen LogP contribution in [0, 0.1) is 22.0 Å². The van der Waals surface area contributed by atoms with E-state index in [1.807, 2.05) is 0 Å². The van der Waals surface area contributed by atoms with Crippen molar-refractivity contribution in [1.82, 2.24) is 0 Å². The van der Waals surface area contributed by atoms with Gasteiger partial charge in [0, 0.05) is 17.8 Å². The van der Waals surface area contributed by atoms with Crippen molar-refractivity contribution in [3.63, 3.8) is 0 Å². The SMILES string of the molecule is O=C(Nc1cccc([N+](=O)[O-])c1)c1ccsc1NC(=O)[C@@H]1CCCC[C@H]1C(=O)O. The average Bonchev–Trinajstić information content (AvgIpc) is 3.16. The number of non-ortho nitro benzene ring substituents is 1. The molecule has 2 atom stereocenters. The van der Waals surface area contributed by atoms with Gasteiger partial charge < -0.3 is 15.7 Å². The van der Waals surface area contributed by atoms with Gasteiger partial charge in [-0.1, -0.05) is 18.9 Å². The minimum atomic E-state index is -0.986. The number of carboxylic acid groups (broad SMARTS) is 1. The van der Waals surface area contributed by atoms with Crippen LogP contribution >= 0.6 is 11.3 Å². The molecule has 3 N–H and O–H groups in total. The van der Waals surface area contributed by atoms with Crippen molar-refractivity contribution in [2.75, 3.05) is 10.6 Å². The second-order valence-electron chi connectivity index (χ2n) is 6.75. The first-order chi connectivity index (χ1) is 13.9. The zero-order chi connectivity index (χ0) is 21.0. The van der Waals surface area contributed by atoms with Crippen molar-refractivity contribution in [3.05, 3.63) is 51.4 Å². The van der Waals surface area contributed by atoms with Crippen LogP contribution in [0.1, 0.15) is 36.0 Å². The lowest BCUT2D eigenvalue weighted by molar-refractivity contribution is -0.384. The molecule has 0 saturated heterocycles. The van der Waals surface area contributed by atoms with E-state index in [0.717, 1.165) is 24.2 Å². The van der Waals surface area contributed by atoms with Gasteiger partial charge in [0.15, 0.2) is 0 Å². The topological polar surface area (TPSA) is 139 Å². The number of amides is 2. The maximum Gasteiger partial charge on any atom is 0.307 e. The van der Waals surface area contributed by atoms with Crippen molar-refractivity contribution < 1.29 is 24.4 Å². The van der Waals surface area contributed by atoms with E-state index in [9.17, 15) is 29.6 Å². The van der Waals surface area contributed by atoms with Crippen LogP contribution in [-0.4, -0.2) is 27.8 Å². The minimum absolute atomic E-state index is 0.154.